The Bertz CT molecular complexity index is 705. The summed E-state index contributed by atoms with van der Waals surface area (Å²) in [6.07, 6.45) is 0.600. The van der Waals surface area contributed by atoms with Gasteiger partial charge in [-0.2, -0.15) is 0 Å². The van der Waals surface area contributed by atoms with Crippen LogP contribution in [0.15, 0.2) is 36.4 Å². The molecule has 0 aliphatic rings. The SMILES string of the molecule is CC[C@@](C)(OC)C(=O)Nc1ccc(OCC(C)C)c2ccccc12. The topological polar surface area (TPSA) is 47.6 Å². The maximum Gasteiger partial charge on any atom is 0.256 e. The molecule has 0 radical (unpaired) electrons. The van der Waals surface area contributed by atoms with Crippen LogP contribution in [0.3, 0.4) is 0 Å². The van der Waals surface area contributed by atoms with Gasteiger partial charge in [0.1, 0.15) is 11.4 Å². The molecular weight excluding hydrogens is 302 g/mol. The highest BCUT2D eigenvalue weighted by Crippen LogP contribution is 2.32. The van der Waals surface area contributed by atoms with E-state index in [1.54, 1.807) is 14.0 Å². The number of carbonyl (C=O) groups is 1. The lowest BCUT2D eigenvalue weighted by atomic mass is 10.0. The Morgan fingerprint density at radius 3 is 2.42 bits per heavy atom. The number of hydrogen-bond acceptors (Lipinski definition) is 3. The number of hydrogen-bond donors (Lipinski definition) is 1. The van der Waals surface area contributed by atoms with Crippen LogP contribution in [0.1, 0.15) is 34.1 Å². The highest BCUT2D eigenvalue weighted by molar-refractivity contribution is 6.06. The molecule has 1 N–H and O–H groups in total. The smallest absolute Gasteiger partial charge is 0.256 e. The van der Waals surface area contributed by atoms with Crippen LogP contribution in [-0.4, -0.2) is 25.2 Å². The van der Waals surface area contributed by atoms with E-state index in [2.05, 4.69) is 19.2 Å². The van der Waals surface area contributed by atoms with Crippen molar-refractivity contribution >= 4 is 22.4 Å². The number of amides is 1. The molecule has 0 saturated carbocycles. The summed E-state index contributed by atoms with van der Waals surface area (Å²) in [6.45, 7) is 8.63. The van der Waals surface area contributed by atoms with Crippen molar-refractivity contribution in [1.29, 1.82) is 0 Å². The monoisotopic (exact) mass is 329 g/mol. The second kappa shape index (κ2) is 7.67. The Balaban J connectivity index is 2.36. The summed E-state index contributed by atoms with van der Waals surface area (Å²) in [4.78, 5) is 12.6. The molecule has 4 heteroatoms. The van der Waals surface area contributed by atoms with Crippen LogP contribution in [0.4, 0.5) is 5.69 Å². The first kappa shape index (κ1) is 18.3. The van der Waals surface area contributed by atoms with Crippen molar-refractivity contribution in [2.24, 2.45) is 5.92 Å². The lowest BCUT2D eigenvalue weighted by molar-refractivity contribution is -0.136. The number of nitrogens with one attached hydrogen (secondary N) is 1. The molecule has 1 atom stereocenters. The number of anilines is 1. The van der Waals surface area contributed by atoms with Crippen LogP contribution in [-0.2, 0) is 9.53 Å². The molecule has 2 aromatic rings. The molecule has 0 bridgehead atoms. The van der Waals surface area contributed by atoms with Crippen molar-refractivity contribution in [3.63, 3.8) is 0 Å². The fraction of sp³-hybridized carbons (Fsp3) is 0.450. The van der Waals surface area contributed by atoms with E-state index in [0.717, 1.165) is 22.2 Å². The fourth-order valence-electron chi connectivity index (χ4n) is 2.41. The Morgan fingerprint density at radius 2 is 1.83 bits per heavy atom. The second-order valence-electron chi connectivity index (χ2n) is 6.60. The lowest BCUT2D eigenvalue weighted by Gasteiger charge is -2.25. The van der Waals surface area contributed by atoms with Crippen molar-refractivity contribution in [2.45, 2.75) is 39.7 Å². The van der Waals surface area contributed by atoms with E-state index in [1.807, 2.05) is 43.3 Å². The molecule has 24 heavy (non-hydrogen) atoms. The predicted molar refractivity (Wildman–Crippen MR) is 98.6 cm³/mol. The maximum atomic E-state index is 12.6. The van der Waals surface area contributed by atoms with Gasteiger partial charge in [-0.15, -0.1) is 0 Å². The summed E-state index contributed by atoms with van der Waals surface area (Å²) >= 11 is 0. The maximum absolute atomic E-state index is 12.6. The van der Waals surface area contributed by atoms with Crippen molar-refractivity contribution in [2.75, 3.05) is 19.0 Å². The minimum absolute atomic E-state index is 0.145. The van der Waals surface area contributed by atoms with Gasteiger partial charge in [-0.1, -0.05) is 45.0 Å². The molecule has 1 amide bonds. The van der Waals surface area contributed by atoms with Gasteiger partial charge in [0.2, 0.25) is 0 Å². The van der Waals surface area contributed by atoms with Gasteiger partial charge < -0.3 is 14.8 Å². The molecule has 2 rings (SSSR count). The van der Waals surface area contributed by atoms with Gasteiger partial charge in [-0.3, -0.25) is 4.79 Å². The van der Waals surface area contributed by atoms with Crippen molar-refractivity contribution in [1.82, 2.24) is 0 Å². The number of methoxy groups -OCH3 is 1. The summed E-state index contributed by atoms with van der Waals surface area (Å²) in [5.41, 5.74) is -0.0716. The molecule has 2 aromatic carbocycles. The average molecular weight is 329 g/mol. The molecule has 0 aliphatic carbocycles. The van der Waals surface area contributed by atoms with E-state index in [0.29, 0.717) is 18.9 Å². The molecule has 4 nitrogen and oxygen atoms in total. The first-order valence-corrected chi connectivity index (χ1v) is 8.42. The van der Waals surface area contributed by atoms with E-state index in [-0.39, 0.29) is 5.91 Å². The van der Waals surface area contributed by atoms with Crippen LogP contribution in [0.5, 0.6) is 5.75 Å². The number of benzene rings is 2. The molecule has 130 valence electrons. The summed E-state index contributed by atoms with van der Waals surface area (Å²) in [6, 6.07) is 11.7. The van der Waals surface area contributed by atoms with Crippen LogP contribution in [0.2, 0.25) is 0 Å². The predicted octanol–water partition coefficient (Wildman–Crippen LogP) is 4.63. The van der Waals surface area contributed by atoms with E-state index in [9.17, 15) is 4.79 Å². The van der Waals surface area contributed by atoms with Crippen molar-refractivity contribution < 1.29 is 14.3 Å². The average Bonchev–Trinajstić information content (AvgIpc) is 2.60. The Morgan fingerprint density at radius 1 is 1.17 bits per heavy atom. The van der Waals surface area contributed by atoms with Crippen LogP contribution < -0.4 is 10.1 Å². The first-order valence-electron chi connectivity index (χ1n) is 8.42. The minimum atomic E-state index is -0.839. The Hall–Kier alpha value is -2.07. The molecule has 0 saturated heterocycles. The third-order valence-corrected chi connectivity index (χ3v) is 4.31. The summed E-state index contributed by atoms with van der Waals surface area (Å²) in [7, 11) is 1.56. The summed E-state index contributed by atoms with van der Waals surface area (Å²) in [5, 5.41) is 4.95. The molecule has 0 heterocycles. The van der Waals surface area contributed by atoms with Crippen LogP contribution in [0, 0.1) is 5.92 Å². The largest absolute Gasteiger partial charge is 0.493 e. The van der Waals surface area contributed by atoms with Gasteiger partial charge in [-0.25, -0.2) is 0 Å². The normalized spacial score (nSPS) is 13.8. The van der Waals surface area contributed by atoms with Crippen LogP contribution >= 0.6 is 0 Å². The summed E-state index contributed by atoms with van der Waals surface area (Å²) in [5.74, 6) is 1.14. The zero-order chi connectivity index (χ0) is 17.7. The third kappa shape index (κ3) is 3.88. The van der Waals surface area contributed by atoms with Gasteiger partial charge in [-0.05, 0) is 31.4 Å². The minimum Gasteiger partial charge on any atom is -0.493 e. The van der Waals surface area contributed by atoms with E-state index in [4.69, 9.17) is 9.47 Å². The molecule has 0 spiro atoms. The zero-order valence-electron chi connectivity index (χ0n) is 15.2. The van der Waals surface area contributed by atoms with Crippen molar-refractivity contribution in [3.8, 4) is 5.75 Å². The van der Waals surface area contributed by atoms with E-state index < -0.39 is 5.60 Å². The van der Waals surface area contributed by atoms with Gasteiger partial charge in [0.25, 0.3) is 5.91 Å². The number of carbonyl (C=O) groups excluding carboxylic acids is 1. The highest BCUT2D eigenvalue weighted by atomic mass is 16.5. The van der Waals surface area contributed by atoms with E-state index in [1.165, 1.54) is 0 Å². The first-order chi connectivity index (χ1) is 11.4. The molecular formula is C20H27NO3. The van der Waals surface area contributed by atoms with Gasteiger partial charge in [0.05, 0.1) is 6.61 Å². The zero-order valence-corrected chi connectivity index (χ0v) is 15.2. The molecule has 0 fully saturated rings. The third-order valence-electron chi connectivity index (χ3n) is 4.31. The fourth-order valence-corrected chi connectivity index (χ4v) is 2.41. The molecule has 0 unspecified atom stereocenters. The number of ether oxygens (including phenoxy) is 2. The van der Waals surface area contributed by atoms with Gasteiger partial charge in [0.15, 0.2) is 0 Å². The molecule has 0 aromatic heterocycles. The molecule has 0 aliphatic heterocycles. The van der Waals surface area contributed by atoms with Crippen molar-refractivity contribution in [3.05, 3.63) is 36.4 Å². The second-order valence-corrected chi connectivity index (χ2v) is 6.60. The van der Waals surface area contributed by atoms with Crippen LogP contribution in [0.25, 0.3) is 10.8 Å². The number of rotatable bonds is 7. The highest BCUT2D eigenvalue weighted by Gasteiger charge is 2.31. The van der Waals surface area contributed by atoms with E-state index >= 15 is 0 Å². The van der Waals surface area contributed by atoms with Gasteiger partial charge in [0, 0.05) is 23.6 Å². The standard InChI is InChI=1S/C20H27NO3/c1-6-20(4,23-5)19(22)21-17-11-12-18(24-13-14(2)3)16-10-8-7-9-15(16)17/h7-12,14H,6,13H2,1-5H3,(H,21,22)/t20-/m1/s1. The number of fused-ring (bicyclic) bond motifs is 1. The quantitative estimate of drug-likeness (QED) is 0.806. The Labute approximate surface area is 144 Å². The Kier molecular flexibility index (Phi) is 5.84. The lowest BCUT2D eigenvalue weighted by Crippen LogP contribution is -2.41. The van der Waals surface area contributed by atoms with Gasteiger partial charge >= 0.3 is 0 Å². The summed E-state index contributed by atoms with van der Waals surface area (Å²) < 4.78 is 11.3.